The van der Waals surface area contributed by atoms with E-state index < -0.39 is 0 Å². The Labute approximate surface area is 108 Å². The van der Waals surface area contributed by atoms with E-state index in [1.807, 2.05) is 12.1 Å². The van der Waals surface area contributed by atoms with Crippen LogP contribution in [0.2, 0.25) is 0 Å². The molecule has 1 saturated heterocycles. The highest BCUT2D eigenvalue weighted by atomic mass is 16.7. The predicted octanol–water partition coefficient (Wildman–Crippen LogP) is 3.22. The van der Waals surface area contributed by atoms with Gasteiger partial charge in [0.05, 0.1) is 12.1 Å². The molecule has 18 heavy (non-hydrogen) atoms. The van der Waals surface area contributed by atoms with Crippen molar-refractivity contribution < 1.29 is 4.84 Å². The zero-order chi connectivity index (χ0) is 12.4. The Kier molecular flexibility index (Phi) is 2.90. The minimum absolute atomic E-state index is 0.164. The normalized spacial score (nSPS) is 27.3. The van der Waals surface area contributed by atoms with E-state index in [1.54, 1.807) is 0 Å². The van der Waals surface area contributed by atoms with Crippen molar-refractivity contribution in [1.29, 1.82) is 0 Å². The van der Waals surface area contributed by atoms with Crippen LogP contribution in [0.15, 0.2) is 60.7 Å². The molecule has 0 unspecified atom stereocenters. The average molecular weight is 239 g/mol. The quantitative estimate of drug-likeness (QED) is 0.868. The Hall–Kier alpha value is -1.64. The van der Waals surface area contributed by atoms with Gasteiger partial charge in [0, 0.05) is 5.92 Å². The minimum atomic E-state index is -0.164. The second-order valence-electron chi connectivity index (χ2n) is 4.94. The Morgan fingerprint density at radius 3 is 2.28 bits per heavy atom. The molecule has 0 aromatic heterocycles. The molecule has 0 radical (unpaired) electrons. The number of hydrogen-bond acceptors (Lipinski definition) is 2. The maximum absolute atomic E-state index is 5.53. The highest BCUT2D eigenvalue weighted by Gasteiger charge is 2.42. The number of hydroxylamine groups is 1. The van der Waals surface area contributed by atoms with E-state index in [-0.39, 0.29) is 5.54 Å². The van der Waals surface area contributed by atoms with E-state index >= 15 is 0 Å². The van der Waals surface area contributed by atoms with Gasteiger partial charge in [-0.15, -0.1) is 0 Å². The van der Waals surface area contributed by atoms with Gasteiger partial charge >= 0.3 is 0 Å². The number of benzene rings is 2. The molecule has 2 aromatic carbocycles. The van der Waals surface area contributed by atoms with Gasteiger partial charge in [-0.25, -0.2) is 0 Å². The molecule has 2 aromatic rings. The molecule has 0 bridgehead atoms. The van der Waals surface area contributed by atoms with E-state index in [0.717, 1.165) is 0 Å². The van der Waals surface area contributed by atoms with Crippen LogP contribution in [-0.4, -0.2) is 6.61 Å². The van der Waals surface area contributed by atoms with Crippen molar-refractivity contribution in [2.24, 2.45) is 0 Å². The van der Waals surface area contributed by atoms with Gasteiger partial charge in [-0.2, -0.15) is 5.48 Å². The largest absolute Gasteiger partial charge is 0.300 e. The molecule has 0 amide bonds. The summed E-state index contributed by atoms with van der Waals surface area (Å²) in [7, 11) is 0. The molecule has 2 heteroatoms. The van der Waals surface area contributed by atoms with Gasteiger partial charge < -0.3 is 4.84 Å². The third-order valence-corrected chi connectivity index (χ3v) is 3.81. The van der Waals surface area contributed by atoms with Gasteiger partial charge in [0.2, 0.25) is 0 Å². The fourth-order valence-electron chi connectivity index (χ4n) is 2.67. The Morgan fingerprint density at radius 1 is 1.00 bits per heavy atom. The molecular weight excluding hydrogens is 222 g/mol. The first-order chi connectivity index (χ1) is 8.81. The molecule has 1 heterocycles. The van der Waals surface area contributed by atoms with E-state index in [1.165, 1.54) is 11.1 Å². The monoisotopic (exact) mass is 239 g/mol. The van der Waals surface area contributed by atoms with Crippen molar-refractivity contribution in [3.8, 4) is 0 Å². The van der Waals surface area contributed by atoms with Crippen LogP contribution in [0.5, 0.6) is 0 Å². The topological polar surface area (TPSA) is 21.3 Å². The summed E-state index contributed by atoms with van der Waals surface area (Å²) in [5, 5.41) is 0. The fraction of sp³-hybridized carbons (Fsp3) is 0.250. The summed E-state index contributed by atoms with van der Waals surface area (Å²) >= 11 is 0. The van der Waals surface area contributed by atoms with Gasteiger partial charge in [-0.1, -0.05) is 60.7 Å². The Morgan fingerprint density at radius 2 is 1.61 bits per heavy atom. The molecule has 0 aliphatic carbocycles. The van der Waals surface area contributed by atoms with Gasteiger partial charge in [0.25, 0.3) is 0 Å². The lowest BCUT2D eigenvalue weighted by atomic mass is 9.78. The number of rotatable bonds is 2. The van der Waals surface area contributed by atoms with Gasteiger partial charge in [-0.3, -0.25) is 0 Å². The zero-order valence-corrected chi connectivity index (χ0v) is 10.5. The molecule has 92 valence electrons. The summed E-state index contributed by atoms with van der Waals surface area (Å²) in [6.07, 6.45) is 0. The van der Waals surface area contributed by atoms with Crippen LogP contribution in [0, 0.1) is 0 Å². The summed E-state index contributed by atoms with van der Waals surface area (Å²) in [4.78, 5) is 5.53. The first kappa shape index (κ1) is 11.5. The van der Waals surface area contributed by atoms with Crippen LogP contribution in [0.1, 0.15) is 24.0 Å². The van der Waals surface area contributed by atoms with Crippen LogP contribution >= 0.6 is 0 Å². The van der Waals surface area contributed by atoms with Gasteiger partial charge in [0.1, 0.15) is 0 Å². The molecule has 0 saturated carbocycles. The smallest absolute Gasteiger partial charge is 0.0773 e. The van der Waals surface area contributed by atoms with Crippen molar-refractivity contribution in [1.82, 2.24) is 5.48 Å². The van der Waals surface area contributed by atoms with Crippen LogP contribution in [-0.2, 0) is 10.4 Å². The maximum Gasteiger partial charge on any atom is 0.0773 e. The van der Waals surface area contributed by atoms with Crippen LogP contribution in [0.3, 0.4) is 0 Å². The summed E-state index contributed by atoms with van der Waals surface area (Å²) in [5.74, 6) is 0.334. The third kappa shape index (κ3) is 1.84. The molecule has 2 nitrogen and oxygen atoms in total. The summed E-state index contributed by atoms with van der Waals surface area (Å²) < 4.78 is 0. The molecule has 1 fully saturated rings. The summed E-state index contributed by atoms with van der Waals surface area (Å²) in [6, 6.07) is 21.0. The van der Waals surface area contributed by atoms with E-state index in [9.17, 15) is 0 Å². The van der Waals surface area contributed by atoms with Crippen molar-refractivity contribution in [3.63, 3.8) is 0 Å². The molecule has 2 atom stereocenters. The molecule has 1 aliphatic rings. The van der Waals surface area contributed by atoms with E-state index in [2.05, 4.69) is 60.9 Å². The maximum atomic E-state index is 5.53. The molecule has 1 aliphatic heterocycles. The SMILES string of the molecule is C[C@]1(c2ccccc2)NOC[C@@H]1c1ccccc1. The fourth-order valence-corrected chi connectivity index (χ4v) is 2.67. The van der Waals surface area contributed by atoms with Crippen molar-refractivity contribution >= 4 is 0 Å². The van der Waals surface area contributed by atoms with Crippen LogP contribution < -0.4 is 5.48 Å². The van der Waals surface area contributed by atoms with Crippen molar-refractivity contribution in [2.45, 2.75) is 18.4 Å². The lowest BCUT2D eigenvalue weighted by molar-refractivity contribution is 0.0654. The number of hydrogen-bond donors (Lipinski definition) is 1. The lowest BCUT2D eigenvalue weighted by Gasteiger charge is -2.30. The predicted molar refractivity (Wildman–Crippen MR) is 72.1 cm³/mol. The first-order valence-electron chi connectivity index (χ1n) is 6.30. The molecule has 1 N–H and O–H groups in total. The standard InChI is InChI=1S/C16H17NO/c1-16(14-10-6-3-7-11-14)15(12-18-17-16)13-8-4-2-5-9-13/h2-11,15,17H,12H2,1H3/t15-,16-/m1/s1. The Bertz CT molecular complexity index is 511. The second-order valence-corrected chi connectivity index (χ2v) is 4.94. The van der Waals surface area contributed by atoms with E-state index in [4.69, 9.17) is 4.84 Å². The number of nitrogens with one attached hydrogen (secondary N) is 1. The average Bonchev–Trinajstić information content (AvgIpc) is 2.84. The zero-order valence-electron chi connectivity index (χ0n) is 10.5. The highest BCUT2D eigenvalue weighted by molar-refractivity contribution is 5.33. The molecule has 3 rings (SSSR count). The summed E-state index contributed by atoms with van der Waals surface area (Å²) in [6.45, 7) is 2.91. The van der Waals surface area contributed by atoms with Gasteiger partial charge in [0.15, 0.2) is 0 Å². The molecular formula is C16H17NO. The minimum Gasteiger partial charge on any atom is -0.300 e. The van der Waals surface area contributed by atoms with Crippen molar-refractivity contribution in [2.75, 3.05) is 6.61 Å². The third-order valence-electron chi connectivity index (χ3n) is 3.81. The molecule has 0 spiro atoms. The van der Waals surface area contributed by atoms with E-state index in [0.29, 0.717) is 12.5 Å². The Balaban J connectivity index is 2.01. The second kappa shape index (κ2) is 4.56. The van der Waals surface area contributed by atoms with Gasteiger partial charge in [-0.05, 0) is 18.1 Å². The van der Waals surface area contributed by atoms with Crippen LogP contribution in [0.4, 0.5) is 0 Å². The highest BCUT2D eigenvalue weighted by Crippen LogP contribution is 2.40. The summed E-state index contributed by atoms with van der Waals surface area (Å²) in [5.41, 5.74) is 5.61. The first-order valence-corrected chi connectivity index (χ1v) is 6.30. The lowest BCUT2D eigenvalue weighted by Crippen LogP contribution is -2.37. The van der Waals surface area contributed by atoms with Crippen molar-refractivity contribution in [3.05, 3.63) is 71.8 Å². The van der Waals surface area contributed by atoms with Crippen LogP contribution in [0.25, 0.3) is 0 Å².